The van der Waals surface area contributed by atoms with Crippen LogP contribution in [0, 0.1) is 5.82 Å². The Bertz CT molecular complexity index is 214. The van der Waals surface area contributed by atoms with Crippen LogP contribution in [0.25, 0.3) is 0 Å². The van der Waals surface area contributed by atoms with Gasteiger partial charge in [0.2, 0.25) is 0 Å². The molecule has 0 aliphatic heterocycles. The fourth-order valence-corrected chi connectivity index (χ4v) is 0.864. The molecule has 54 valence electrons. The summed E-state index contributed by atoms with van der Waals surface area (Å²) >= 11 is 9.31. The van der Waals surface area contributed by atoms with Crippen LogP contribution in [0.2, 0.25) is 5.02 Å². The highest BCUT2D eigenvalue weighted by molar-refractivity contribution is 7.80. The van der Waals surface area contributed by atoms with Crippen LogP contribution in [0.1, 0.15) is 0 Å². The van der Waals surface area contributed by atoms with E-state index in [9.17, 15) is 4.39 Å². The van der Waals surface area contributed by atoms with Gasteiger partial charge in [-0.3, -0.25) is 0 Å². The van der Waals surface area contributed by atoms with Crippen molar-refractivity contribution < 1.29 is 9.50 Å². The highest BCUT2D eigenvalue weighted by Crippen LogP contribution is 2.26. The summed E-state index contributed by atoms with van der Waals surface area (Å²) in [7, 11) is 0. The highest BCUT2D eigenvalue weighted by atomic mass is 35.5. The van der Waals surface area contributed by atoms with Gasteiger partial charge < -0.3 is 5.11 Å². The SMILES string of the molecule is Oc1cc(S)c(Cl)cc1F. The minimum absolute atomic E-state index is 0.193. The molecule has 1 rings (SSSR count). The summed E-state index contributed by atoms with van der Waals surface area (Å²) in [6.45, 7) is 0. The van der Waals surface area contributed by atoms with Crippen LogP contribution in [0.4, 0.5) is 4.39 Å². The van der Waals surface area contributed by atoms with Gasteiger partial charge in [-0.05, 0) is 12.1 Å². The summed E-state index contributed by atoms with van der Waals surface area (Å²) < 4.78 is 12.4. The first-order chi connectivity index (χ1) is 4.61. The van der Waals surface area contributed by atoms with E-state index in [-0.39, 0.29) is 5.02 Å². The fraction of sp³-hybridized carbons (Fsp3) is 0. The summed E-state index contributed by atoms with van der Waals surface area (Å²) in [5, 5.41) is 8.94. The molecule has 0 radical (unpaired) electrons. The summed E-state index contributed by atoms with van der Waals surface area (Å²) in [5.74, 6) is -1.17. The van der Waals surface area contributed by atoms with E-state index in [0.29, 0.717) is 4.90 Å². The van der Waals surface area contributed by atoms with Crippen LogP contribution < -0.4 is 0 Å². The van der Waals surface area contributed by atoms with Gasteiger partial charge in [-0.1, -0.05) is 11.6 Å². The van der Waals surface area contributed by atoms with Crippen molar-refractivity contribution in [3.63, 3.8) is 0 Å². The van der Waals surface area contributed by atoms with Gasteiger partial charge in [0, 0.05) is 4.90 Å². The van der Waals surface area contributed by atoms with Gasteiger partial charge in [0.15, 0.2) is 11.6 Å². The number of aromatic hydroxyl groups is 1. The second-order valence-corrected chi connectivity index (χ2v) is 2.64. The van der Waals surface area contributed by atoms with Crippen LogP contribution in [-0.4, -0.2) is 5.11 Å². The molecule has 1 aromatic rings. The molecule has 0 fully saturated rings. The summed E-state index contributed by atoms with van der Waals surface area (Å²) in [4.78, 5) is 0.362. The molecule has 4 heteroatoms. The lowest BCUT2D eigenvalue weighted by molar-refractivity contribution is 0.431. The lowest BCUT2D eigenvalue weighted by Gasteiger charge is -1.97. The maximum Gasteiger partial charge on any atom is 0.166 e. The normalized spacial score (nSPS) is 9.90. The molecule has 0 spiro atoms. The lowest BCUT2D eigenvalue weighted by Crippen LogP contribution is -1.76. The van der Waals surface area contributed by atoms with Gasteiger partial charge in [0.1, 0.15) is 0 Å². The van der Waals surface area contributed by atoms with Crippen molar-refractivity contribution in [3.05, 3.63) is 23.0 Å². The van der Waals surface area contributed by atoms with Crippen molar-refractivity contribution in [2.45, 2.75) is 4.90 Å². The topological polar surface area (TPSA) is 20.2 Å². The molecule has 0 aromatic heterocycles. The van der Waals surface area contributed by atoms with E-state index in [1.165, 1.54) is 0 Å². The maximum absolute atomic E-state index is 12.4. The zero-order valence-electron chi connectivity index (χ0n) is 4.81. The van der Waals surface area contributed by atoms with E-state index in [1.807, 2.05) is 0 Å². The Labute approximate surface area is 67.8 Å². The maximum atomic E-state index is 12.4. The third-order valence-electron chi connectivity index (χ3n) is 1.02. The summed E-state index contributed by atoms with van der Waals surface area (Å²) in [6.07, 6.45) is 0. The Morgan fingerprint density at radius 2 is 2.10 bits per heavy atom. The fourth-order valence-electron chi connectivity index (χ4n) is 0.527. The predicted molar refractivity (Wildman–Crippen MR) is 40.3 cm³/mol. The Balaban J connectivity index is 3.28. The number of phenolic OH excluding ortho intramolecular Hbond substituents is 1. The van der Waals surface area contributed by atoms with E-state index in [2.05, 4.69) is 12.6 Å². The molecule has 0 saturated carbocycles. The Morgan fingerprint density at radius 1 is 1.50 bits per heavy atom. The molecule has 0 aliphatic rings. The second kappa shape index (κ2) is 2.68. The molecule has 1 nitrogen and oxygen atoms in total. The van der Waals surface area contributed by atoms with Crippen LogP contribution in [0.5, 0.6) is 5.75 Å². The largest absolute Gasteiger partial charge is 0.505 e. The zero-order valence-corrected chi connectivity index (χ0v) is 6.46. The first kappa shape index (κ1) is 7.69. The first-order valence-corrected chi connectivity index (χ1v) is 3.31. The number of rotatable bonds is 0. The molecule has 0 atom stereocenters. The van der Waals surface area contributed by atoms with Crippen molar-refractivity contribution >= 4 is 24.2 Å². The Hall–Kier alpha value is -0.410. The van der Waals surface area contributed by atoms with E-state index in [1.54, 1.807) is 0 Å². The summed E-state index contributed by atoms with van der Waals surface area (Å²) in [5.41, 5.74) is 0. The average Bonchev–Trinajstić information content (AvgIpc) is 1.84. The lowest BCUT2D eigenvalue weighted by atomic mass is 10.3. The number of phenols is 1. The quantitative estimate of drug-likeness (QED) is 0.585. The average molecular weight is 179 g/mol. The number of benzene rings is 1. The van der Waals surface area contributed by atoms with E-state index in [4.69, 9.17) is 16.7 Å². The molecular weight excluding hydrogens is 175 g/mol. The van der Waals surface area contributed by atoms with Gasteiger partial charge in [-0.25, -0.2) is 4.39 Å². The van der Waals surface area contributed by atoms with Crippen molar-refractivity contribution in [1.29, 1.82) is 0 Å². The van der Waals surface area contributed by atoms with Gasteiger partial charge in [0.25, 0.3) is 0 Å². The Morgan fingerprint density at radius 3 is 2.60 bits per heavy atom. The first-order valence-electron chi connectivity index (χ1n) is 2.48. The van der Waals surface area contributed by atoms with Crippen LogP contribution in [0.3, 0.4) is 0 Å². The summed E-state index contributed by atoms with van der Waals surface area (Å²) in [6, 6.07) is 2.17. The second-order valence-electron chi connectivity index (χ2n) is 1.76. The van der Waals surface area contributed by atoms with Gasteiger partial charge in [-0.2, -0.15) is 0 Å². The monoisotopic (exact) mass is 178 g/mol. The van der Waals surface area contributed by atoms with Crippen molar-refractivity contribution in [2.75, 3.05) is 0 Å². The molecule has 1 aromatic carbocycles. The molecule has 0 aliphatic carbocycles. The highest BCUT2D eigenvalue weighted by Gasteiger charge is 2.03. The molecular formula is C6H4ClFOS. The standard InChI is InChI=1S/C6H4ClFOS/c7-3-1-4(8)5(9)2-6(3)10/h1-2,9-10H. The predicted octanol–water partition coefficient (Wildman–Crippen LogP) is 2.47. The minimum Gasteiger partial charge on any atom is -0.505 e. The van der Waals surface area contributed by atoms with E-state index >= 15 is 0 Å². The number of hydrogen-bond acceptors (Lipinski definition) is 2. The molecule has 0 heterocycles. The molecule has 10 heavy (non-hydrogen) atoms. The number of halogens is 2. The third-order valence-corrected chi connectivity index (χ3v) is 1.83. The number of hydrogen-bond donors (Lipinski definition) is 2. The van der Waals surface area contributed by atoms with Crippen molar-refractivity contribution in [2.24, 2.45) is 0 Å². The molecule has 0 bridgehead atoms. The van der Waals surface area contributed by atoms with E-state index < -0.39 is 11.6 Å². The van der Waals surface area contributed by atoms with Crippen molar-refractivity contribution in [3.8, 4) is 5.75 Å². The van der Waals surface area contributed by atoms with Gasteiger partial charge >= 0.3 is 0 Å². The molecule has 0 unspecified atom stereocenters. The van der Waals surface area contributed by atoms with Crippen LogP contribution in [0.15, 0.2) is 17.0 Å². The van der Waals surface area contributed by atoms with Gasteiger partial charge in [-0.15, -0.1) is 12.6 Å². The zero-order chi connectivity index (χ0) is 7.72. The van der Waals surface area contributed by atoms with E-state index in [0.717, 1.165) is 12.1 Å². The van der Waals surface area contributed by atoms with Crippen LogP contribution >= 0.6 is 24.2 Å². The molecule has 1 N–H and O–H groups in total. The molecule has 0 saturated heterocycles. The smallest absolute Gasteiger partial charge is 0.166 e. The molecule has 0 amide bonds. The van der Waals surface area contributed by atoms with Crippen molar-refractivity contribution in [1.82, 2.24) is 0 Å². The minimum atomic E-state index is -0.734. The van der Waals surface area contributed by atoms with Gasteiger partial charge in [0.05, 0.1) is 5.02 Å². The van der Waals surface area contributed by atoms with Crippen LogP contribution in [-0.2, 0) is 0 Å². The Kier molecular flexibility index (Phi) is 2.06. The third kappa shape index (κ3) is 1.36. The number of thiol groups is 1.